The normalized spacial score (nSPS) is 21.2. The standard InChI is InChI=1S/C13H16BrNO3S/c1-8(10-4-5-11(14)19-10)12(16)15-6-2-3-9(7-15)13(17)18/h4-5,8-9H,2-3,6-7H2,1H3,(H,17,18)/t8-,9-/m0/s1. The number of nitrogens with zero attached hydrogens (tertiary/aromatic N) is 1. The van der Waals surface area contributed by atoms with Crippen molar-refractivity contribution < 1.29 is 14.7 Å². The molecule has 0 aromatic carbocycles. The molecule has 19 heavy (non-hydrogen) atoms. The number of aliphatic carboxylic acids is 1. The van der Waals surface area contributed by atoms with Gasteiger partial charge in [-0.3, -0.25) is 9.59 Å². The fourth-order valence-electron chi connectivity index (χ4n) is 2.34. The van der Waals surface area contributed by atoms with Crippen molar-refractivity contribution in [1.29, 1.82) is 0 Å². The van der Waals surface area contributed by atoms with E-state index in [2.05, 4.69) is 15.9 Å². The Morgan fingerprint density at radius 1 is 1.53 bits per heavy atom. The highest BCUT2D eigenvalue weighted by Gasteiger charge is 2.31. The monoisotopic (exact) mass is 345 g/mol. The fourth-order valence-corrected chi connectivity index (χ4v) is 3.80. The molecule has 1 amide bonds. The lowest BCUT2D eigenvalue weighted by Gasteiger charge is -2.32. The number of hydrogen-bond donors (Lipinski definition) is 1. The smallest absolute Gasteiger partial charge is 0.308 e. The molecule has 1 aliphatic heterocycles. The molecule has 2 rings (SSSR count). The Balaban J connectivity index is 2.04. The Labute approximate surface area is 124 Å². The van der Waals surface area contributed by atoms with Crippen LogP contribution in [0.3, 0.4) is 0 Å². The number of halogens is 1. The molecule has 0 spiro atoms. The minimum absolute atomic E-state index is 0.0281. The predicted octanol–water partition coefficient (Wildman–Crippen LogP) is 2.94. The van der Waals surface area contributed by atoms with Crippen molar-refractivity contribution in [2.45, 2.75) is 25.7 Å². The third-order valence-corrected chi connectivity index (χ3v) is 5.28. The van der Waals surface area contributed by atoms with Gasteiger partial charge in [0.2, 0.25) is 5.91 Å². The van der Waals surface area contributed by atoms with Crippen LogP contribution in [0.4, 0.5) is 0 Å². The topological polar surface area (TPSA) is 57.6 Å². The number of rotatable bonds is 3. The SMILES string of the molecule is C[C@H](C(=O)N1CCC[C@H](C(=O)O)C1)c1ccc(Br)s1. The van der Waals surface area contributed by atoms with Crippen molar-refractivity contribution in [2.75, 3.05) is 13.1 Å². The Morgan fingerprint density at radius 2 is 2.26 bits per heavy atom. The van der Waals surface area contributed by atoms with Gasteiger partial charge in [0.1, 0.15) is 0 Å². The molecule has 1 aliphatic rings. The zero-order valence-corrected chi connectivity index (χ0v) is 13.0. The number of carboxylic acids is 1. The summed E-state index contributed by atoms with van der Waals surface area (Å²) in [5.74, 6) is -1.40. The first kappa shape index (κ1) is 14.5. The van der Waals surface area contributed by atoms with Crippen LogP contribution in [0.5, 0.6) is 0 Å². The minimum Gasteiger partial charge on any atom is -0.481 e. The van der Waals surface area contributed by atoms with Crippen LogP contribution in [0.1, 0.15) is 30.6 Å². The lowest BCUT2D eigenvalue weighted by atomic mass is 9.96. The second kappa shape index (κ2) is 6.05. The molecule has 1 N–H and O–H groups in total. The van der Waals surface area contributed by atoms with Gasteiger partial charge < -0.3 is 10.0 Å². The first-order valence-corrected chi connectivity index (χ1v) is 7.87. The number of carbonyl (C=O) groups excluding carboxylic acids is 1. The maximum Gasteiger partial charge on any atom is 0.308 e. The van der Waals surface area contributed by atoms with Crippen molar-refractivity contribution in [3.63, 3.8) is 0 Å². The first-order valence-electron chi connectivity index (χ1n) is 6.26. The number of carboxylic acid groups (broad SMARTS) is 1. The fraction of sp³-hybridized carbons (Fsp3) is 0.538. The average molecular weight is 346 g/mol. The van der Waals surface area contributed by atoms with Gasteiger partial charge in [-0.25, -0.2) is 0 Å². The van der Waals surface area contributed by atoms with Crippen molar-refractivity contribution in [3.8, 4) is 0 Å². The van der Waals surface area contributed by atoms with Gasteiger partial charge in [-0.15, -0.1) is 11.3 Å². The van der Waals surface area contributed by atoms with Gasteiger partial charge >= 0.3 is 5.97 Å². The molecule has 1 fully saturated rings. The number of likely N-dealkylation sites (tertiary alicyclic amines) is 1. The van der Waals surface area contributed by atoms with Crippen LogP contribution >= 0.6 is 27.3 Å². The molecular weight excluding hydrogens is 330 g/mol. The molecule has 1 aromatic heterocycles. The lowest BCUT2D eigenvalue weighted by Crippen LogP contribution is -2.43. The Morgan fingerprint density at radius 3 is 2.84 bits per heavy atom. The van der Waals surface area contributed by atoms with E-state index in [9.17, 15) is 9.59 Å². The van der Waals surface area contributed by atoms with E-state index in [1.54, 1.807) is 16.2 Å². The van der Waals surface area contributed by atoms with E-state index in [0.29, 0.717) is 19.5 Å². The summed E-state index contributed by atoms with van der Waals surface area (Å²) in [7, 11) is 0. The highest BCUT2D eigenvalue weighted by molar-refractivity contribution is 9.11. The summed E-state index contributed by atoms with van der Waals surface area (Å²) >= 11 is 4.94. The van der Waals surface area contributed by atoms with Crippen molar-refractivity contribution in [3.05, 3.63) is 20.8 Å². The summed E-state index contributed by atoms with van der Waals surface area (Å²) in [4.78, 5) is 26.1. The Hall–Kier alpha value is -0.880. The van der Waals surface area contributed by atoms with Crippen LogP contribution in [0.25, 0.3) is 0 Å². The predicted molar refractivity (Wildman–Crippen MR) is 77.4 cm³/mol. The molecule has 0 aliphatic carbocycles. The van der Waals surface area contributed by atoms with Gasteiger partial charge in [-0.2, -0.15) is 0 Å². The van der Waals surface area contributed by atoms with Crippen LogP contribution in [0.2, 0.25) is 0 Å². The van der Waals surface area contributed by atoms with Crippen LogP contribution in [-0.4, -0.2) is 35.0 Å². The molecule has 2 atom stereocenters. The third-order valence-electron chi connectivity index (χ3n) is 3.47. The van der Waals surface area contributed by atoms with Gasteiger partial charge in [-0.1, -0.05) is 0 Å². The molecule has 4 nitrogen and oxygen atoms in total. The molecule has 0 saturated carbocycles. The Kier molecular flexibility index (Phi) is 4.62. The van der Waals surface area contributed by atoms with E-state index in [1.807, 2.05) is 19.1 Å². The minimum atomic E-state index is -0.802. The van der Waals surface area contributed by atoms with Crippen molar-refractivity contribution in [2.24, 2.45) is 5.92 Å². The van der Waals surface area contributed by atoms with Gasteiger partial charge in [-0.05, 0) is 47.8 Å². The van der Waals surface area contributed by atoms with Gasteiger partial charge in [0.05, 0.1) is 15.6 Å². The molecular formula is C13H16BrNO3S. The van der Waals surface area contributed by atoms with Crippen LogP contribution in [-0.2, 0) is 9.59 Å². The van der Waals surface area contributed by atoms with Gasteiger partial charge in [0.15, 0.2) is 0 Å². The van der Waals surface area contributed by atoms with E-state index in [-0.39, 0.29) is 11.8 Å². The number of piperidine rings is 1. The van der Waals surface area contributed by atoms with Crippen molar-refractivity contribution in [1.82, 2.24) is 4.90 Å². The zero-order chi connectivity index (χ0) is 14.0. The summed E-state index contributed by atoms with van der Waals surface area (Å²) in [6.45, 7) is 2.88. The first-order chi connectivity index (χ1) is 8.99. The van der Waals surface area contributed by atoms with E-state index in [0.717, 1.165) is 15.1 Å². The molecule has 6 heteroatoms. The second-order valence-electron chi connectivity index (χ2n) is 4.83. The summed E-state index contributed by atoms with van der Waals surface area (Å²) in [5, 5.41) is 9.05. The van der Waals surface area contributed by atoms with E-state index in [1.165, 1.54) is 0 Å². The van der Waals surface area contributed by atoms with Crippen molar-refractivity contribution >= 4 is 39.1 Å². The maximum atomic E-state index is 12.4. The summed E-state index contributed by atoms with van der Waals surface area (Å²) < 4.78 is 1.00. The number of hydrogen-bond acceptors (Lipinski definition) is 3. The second-order valence-corrected chi connectivity index (χ2v) is 7.32. The van der Waals surface area contributed by atoms with Crippen LogP contribution in [0.15, 0.2) is 15.9 Å². The quantitative estimate of drug-likeness (QED) is 0.916. The number of carbonyl (C=O) groups is 2. The van der Waals surface area contributed by atoms with E-state index < -0.39 is 11.9 Å². The van der Waals surface area contributed by atoms with Gasteiger partial charge in [0, 0.05) is 18.0 Å². The summed E-state index contributed by atoms with van der Waals surface area (Å²) in [6, 6.07) is 3.87. The lowest BCUT2D eigenvalue weighted by molar-refractivity contribution is -0.146. The largest absolute Gasteiger partial charge is 0.481 e. The third kappa shape index (κ3) is 3.36. The van der Waals surface area contributed by atoms with Crippen LogP contribution < -0.4 is 0 Å². The van der Waals surface area contributed by atoms with E-state index in [4.69, 9.17) is 5.11 Å². The maximum absolute atomic E-state index is 12.4. The molecule has 2 heterocycles. The highest BCUT2D eigenvalue weighted by atomic mass is 79.9. The average Bonchev–Trinajstić information content (AvgIpc) is 2.84. The summed E-state index contributed by atoms with van der Waals surface area (Å²) in [6.07, 6.45) is 1.43. The highest BCUT2D eigenvalue weighted by Crippen LogP contribution is 2.30. The number of thiophene rings is 1. The Bertz CT molecular complexity index is 488. The molecule has 104 valence electrons. The zero-order valence-electron chi connectivity index (χ0n) is 10.6. The molecule has 0 bridgehead atoms. The summed E-state index contributed by atoms with van der Waals surface area (Å²) in [5.41, 5.74) is 0. The van der Waals surface area contributed by atoms with Gasteiger partial charge in [0.25, 0.3) is 0 Å². The number of amides is 1. The molecule has 0 unspecified atom stereocenters. The van der Waals surface area contributed by atoms with Crippen LogP contribution in [0, 0.1) is 5.92 Å². The molecule has 1 saturated heterocycles. The van der Waals surface area contributed by atoms with E-state index >= 15 is 0 Å². The molecule has 0 radical (unpaired) electrons. The molecule has 1 aromatic rings.